The average Bonchev–Trinajstić information content (AvgIpc) is 1.12. The highest BCUT2D eigenvalue weighted by Gasteiger charge is 1.43. The van der Waals surface area contributed by atoms with Crippen LogP contribution in [0.3, 0.4) is 0 Å². The molecule has 0 rings (SSSR count). The van der Waals surface area contributed by atoms with Crippen LogP contribution >= 0.6 is 0 Å². The SMILES string of the molecule is O=S([O-])([O-])=S.[O-]S([O-])(=S)=S. The molecular formula is O5S5-4. The summed E-state index contributed by atoms with van der Waals surface area (Å²) in [5.74, 6) is 0. The first kappa shape index (κ1) is 13.6. The maximum absolute atomic E-state index is 9.26. The van der Waals surface area contributed by atoms with Crippen molar-refractivity contribution in [2.45, 2.75) is 0 Å². The topological polar surface area (TPSA) is 109 Å². The van der Waals surface area contributed by atoms with Crippen LogP contribution in [-0.4, -0.2) is 22.4 Å². The van der Waals surface area contributed by atoms with Crippen LogP contribution in [0.2, 0.25) is 0 Å². The van der Waals surface area contributed by atoms with Crippen LogP contribution in [0.1, 0.15) is 0 Å². The predicted octanol–water partition coefficient (Wildman–Crippen LogP) is -1.68. The van der Waals surface area contributed by atoms with Crippen molar-refractivity contribution in [1.82, 2.24) is 0 Å². The van der Waals surface area contributed by atoms with Crippen molar-refractivity contribution in [3.8, 4) is 0 Å². The van der Waals surface area contributed by atoms with Crippen molar-refractivity contribution in [2.24, 2.45) is 0 Å². The predicted molar refractivity (Wildman–Crippen MR) is 40.7 cm³/mol. The standard InChI is InChI=1S/H2O3S2.H2O2S3/c2*1-5(2,3)4/h2*(H2,1,2,3,4)/p-4. The fraction of sp³-hybridized carbons (Fsp3) is 0. The molecule has 0 bridgehead atoms. The molecule has 0 aliphatic rings. The molecule has 0 radical (unpaired) electrons. The van der Waals surface area contributed by atoms with E-state index in [9.17, 15) is 9.11 Å². The summed E-state index contributed by atoms with van der Waals surface area (Å²) in [5, 5.41) is 0. The second-order valence-electron chi connectivity index (χ2n) is 0.816. The third kappa shape index (κ3) is 576. The summed E-state index contributed by atoms with van der Waals surface area (Å²) in [6.45, 7) is 0. The molecule has 0 aromatic carbocycles. The van der Waals surface area contributed by atoms with Crippen LogP contribution in [-0.2, 0) is 50.3 Å². The minimum Gasteiger partial charge on any atom is -0.801 e. The minimum absolute atomic E-state index is 3.24. The van der Waals surface area contributed by atoms with Crippen LogP contribution in [0, 0.1) is 0 Å². The van der Waals surface area contributed by atoms with E-state index in [-0.39, 0.29) is 0 Å². The summed E-state index contributed by atoms with van der Waals surface area (Å²) in [4.78, 5) is 0. The van der Waals surface area contributed by atoms with Crippen LogP contribution < -0.4 is 0 Å². The quantitative estimate of drug-likeness (QED) is 0.494. The van der Waals surface area contributed by atoms with Gasteiger partial charge in [-0.2, -0.15) is 0 Å². The Hall–Kier alpha value is 1.000. The van der Waals surface area contributed by atoms with Crippen molar-refractivity contribution in [1.29, 1.82) is 0 Å². The van der Waals surface area contributed by atoms with E-state index in [4.69, 9.17) is 13.3 Å². The molecule has 0 aliphatic heterocycles. The fourth-order valence-corrected chi connectivity index (χ4v) is 0. The van der Waals surface area contributed by atoms with E-state index in [1.54, 1.807) is 0 Å². The van der Waals surface area contributed by atoms with E-state index in [0.29, 0.717) is 0 Å². The molecule has 0 aromatic heterocycles. The van der Waals surface area contributed by atoms with Gasteiger partial charge >= 0.3 is 0 Å². The highest BCUT2D eigenvalue weighted by atomic mass is 33.1. The van der Waals surface area contributed by atoms with Crippen molar-refractivity contribution >= 4 is 50.3 Å². The smallest absolute Gasteiger partial charge is 0.0484 e. The summed E-state index contributed by atoms with van der Waals surface area (Å²) in [6, 6.07) is 0. The van der Waals surface area contributed by atoms with E-state index in [2.05, 4.69) is 33.6 Å². The molecule has 0 saturated carbocycles. The van der Waals surface area contributed by atoms with Gasteiger partial charge in [0.1, 0.15) is 0 Å². The lowest BCUT2D eigenvalue weighted by Gasteiger charge is -2.17. The van der Waals surface area contributed by atoms with Crippen molar-refractivity contribution in [2.75, 3.05) is 0 Å². The third-order valence-electron chi connectivity index (χ3n) is 0. The molecule has 0 saturated heterocycles. The van der Waals surface area contributed by atoms with Gasteiger partial charge in [0, 0.05) is 0 Å². The molecule has 0 amide bonds. The molecule has 5 nitrogen and oxygen atoms in total. The average molecular weight is 240 g/mol. The first-order valence-electron chi connectivity index (χ1n) is 1.33. The van der Waals surface area contributed by atoms with Gasteiger partial charge in [0.2, 0.25) is 0 Å². The van der Waals surface area contributed by atoms with Crippen molar-refractivity contribution in [3.63, 3.8) is 0 Å². The summed E-state index contributed by atoms with van der Waals surface area (Å²) >= 11 is 10.5. The summed E-state index contributed by atoms with van der Waals surface area (Å²) < 4.78 is 45.2. The van der Waals surface area contributed by atoms with Gasteiger partial charge in [-0.3, -0.25) is 4.21 Å². The molecule has 0 aliphatic carbocycles. The zero-order valence-corrected chi connectivity index (χ0v) is 8.16. The zero-order chi connectivity index (χ0) is 9.00. The first-order chi connectivity index (χ1) is 4.00. The molecule has 0 unspecified atom stereocenters. The second-order valence-corrected chi connectivity index (χ2v) is 6.94. The van der Waals surface area contributed by atoms with Crippen LogP contribution in [0.15, 0.2) is 0 Å². The first-order valence-corrected chi connectivity index (χ1v) is 7.00. The Morgan fingerprint density at radius 3 is 0.900 bits per heavy atom. The molecule has 64 valence electrons. The van der Waals surface area contributed by atoms with Gasteiger partial charge in [-0.25, -0.2) is 7.71 Å². The fourth-order valence-electron chi connectivity index (χ4n) is 0. The Morgan fingerprint density at radius 1 is 0.900 bits per heavy atom. The largest absolute Gasteiger partial charge is 0.801 e. The van der Waals surface area contributed by atoms with Gasteiger partial charge < -0.3 is 18.2 Å². The second kappa shape index (κ2) is 4.79. The number of rotatable bonds is 0. The summed E-state index contributed by atoms with van der Waals surface area (Å²) in [6.07, 6.45) is 0. The zero-order valence-electron chi connectivity index (χ0n) is 4.08. The molecule has 0 fully saturated rings. The lowest BCUT2D eigenvalue weighted by Crippen LogP contribution is -1.88. The normalized spacial score (nSPS) is 11.6. The lowest BCUT2D eigenvalue weighted by atomic mass is 15.8. The van der Waals surface area contributed by atoms with Crippen LogP contribution in [0.4, 0.5) is 0 Å². The van der Waals surface area contributed by atoms with Gasteiger partial charge in [-0.1, -0.05) is 22.4 Å². The Bertz CT molecular complexity index is 206. The number of hydrogen-bond donors (Lipinski definition) is 0. The lowest BCUT2D eigenvalue weighted by molar-refractivity contribution is 0.416. The molecule has 0 aromatic rings. The number of hydrogen-bond acceptors (Lipinski definition) is 8. The Balaban J connectivity index is 0. The highest BCUT2D eigenvalue weighted by molar-refractivity contribution is 8.50. The van der Waals surface area contributed by atoms with E-state index >= 15 is 0 Å². The molecule has 0 N–H and O–H groups in total. The maximum Gasteiger partial charge on any atom is -0.0484 e. The third-order valence-corrected chi connectivity index (χ3v) is 0. The van der Waals surface area contributed by atoms with E-state index in [0.717, 1.165) is 0 Å². The van der Waals surface area contributed by atoms with Crippen LogP contribution in [0.25, 0.3) is 0 Å². The van der Waals surface area contributed by atoms with Crippen molar-refractivity contribution in [3.05, 3.63) is 0 Å². The minimum atomic E-state index is -4.33. The molecule has 0 atom stereocenters. The summed E-state index contributed by atoms with van der Waals surface area (Å²) in [5.41, 5.74) is 0. The van der Waals surface area contributed by atoms with Gasteiger partial charge in [-0.05, 0) is 11.2 Å². The molecule has 0 heterocycles. The Morgan fingerprint density at radius 2 is 0.900 bits per heavy atom. The summed E-state index contributed by atoms with van der Waals surface area (Å²) in [7, 11) is -7.83. The van der Waals surface area contributed by atoms with Gasteiger partial charge in [0.15, 0.2) is 0 Å². The highest BCUT2D eigenvalue weighted by Crippen LogP contribution is 1.63. The van der Waals surface area contributed by atoms with E-state index in [1.807, 2.05) is 0 Å². The molecule has 0 spiro atoms. The Labute approximate surface area is 72.6 Å². The molecule has 10 heteroatoms. The molecular weight excluding hydrogens is 240 g/mol. The van der Waals surface area contributed by atoms with Crippen molar-refractivity contribution < 1.29 is 22.4 Å². The van der Waals surface area contributed by atoms with Crippen LogP contribution in [0.5, 0.6) is 0 Å². The van der Waals surface area contributed by atoms with E-state index in [1.165, 1.54) is 0 Å². The van der Waals surface area contributed by atoms with Gasteiger partial charge in [-0.15, -0.1) is 9.05 Å². The molecule has 10 heavy (non-hydrogen) atoms. The maximum atomic E-state index is 9.26. The van der Waals surface area contributed by atoms with E-state index < -0.39 is 16.8 Å². The Kier molecular flexibility index (Phi) is 6.51. The van der Waals surface area contributed by atoms with Gasteiger partial charge in [0.05, 0.1) is 0 Å². The monoisotopic (exact) mass is 240 g/mol. The van der Waals surface area contributed by atoms with Gasteiger partial charge in [0.25, 0.3) is 0 Å².